The summed E-state index contributed by atoms with van der Waals surface area (Å²) in [5.41, 5.74) is 3.13. The number of nitrogens with zero attached hydrogens (tertiary/aromatic N) is 1. The van der Waals surface area contributed by atoms with E-state index in [1.165, 1.54) is 11.1 Å². The molecule has 0 saturated heterocycles. The Hall–Kier alpha value is -2.53. The number of amides is 1. The smallest absolute Gasteiger partial charge is 0.251 e. The van der Waals surface area contributed by atoms with E-state index in [0.29, 0.717) is 5.56 Å². The highest BCUT2D eigenvalue weighted by Gasteiger charge is 2.33. The first-order chi connectivity index (χ1) is 13.1. The molecule has 1 heterocycles. The Bertz CT molecular complexity index is 792. The SMILES string of the molecule is CCN1CCc2cc(OC)c(OC)cc2[C@@H]1[C@@H](C)NC(=O)c1ccccc1. The van der Waals surface area contributed by atoms with Crippen LogP contribution in [0.4, 0.5) is 0 Å². The molecule has 0 saturated carbocycles. The van der Waals surface area contributed by atoms with Crippen molar-refractivity contribution in [3.05, 3.63) is 59.2 Å². The number of hydrogen-bond acceptors (Lipinski definition) is 4. The fraction of sp³-hybridized carbons (Fsp3) is 0.409. The third-order valence-electron chi connectivity index (χ3n) is 5.30. The number of ether oxygens (including phenoxy) is 2. The third kappa shape index (κ3) is 3.93. The van der Waals surface area contributed by atoms with Gasteiger partial charge < -0.3 is 14.8 Å². The van der Waals surface area contributed by atoms with Crippen molar-refractivity contribution in [2.45, 2.75) is 32.4 Å². The Morgan fingerprint density at radius 2 is 1.85 bits per heavy atom. The summed E-state index contributed by atoms with van der Waals surface area (Å²) < 4.78 is 11.0. The molecular formula is C22H28N2O3. The van der Waals surface area contributed by atoms with Crippen LogP contribution in [0.3, 0.4) is 0 Å². The van der Waals surface area contributed by atoms with Gasteiger partial charge in [-0.3, -0.25) is 9.69 Å². The van der Waals surface area contributed by atoms with Gasteiger partial charge in [0.05, 0.1) is 20.3 Å². The second-order valence-electron chi connectivity index (χ2n) is 6.86. The molecule has 0 spiro atoms. The first kappa shape index (κ1) is 19.2. The molecule has 144 valence electrons. The zero-order valence-corrected chi connectivity index (χ0v) is 16.5. The van der Waals surface area contributed by atoms with Crippen molar-refractivity contribution >= 4 is 5.91 Å². The number of likely N-dealkylation sites (N-methyl/N-ethyl adjacent to an activating group) is 1. The van der Waals surface area contributed by atoms with Crippen LogP contribution in [0, 0.1) is 0 Å². The minimum absolute atomic E-state index is 0.0465. The number of rotatable bonds is 6. The maximum atomic E-state index is 12.7. The zero-order chi connectivity index (χ0) is 19.4. The summed E-state index contributed by atoms with van der Waals surface area (Å²) in [5.74, 6) is 1.42. The minimum atomic E-state index is -0.0493. The van der Waals surface area contributed by atoms with Gasteiger partial charge in [0, 0.05) is 18.2 Å². The highest BCUT2D eigenvalue weighted by atomic mass is 16.5. The van der Waals surface area contributed by atoms with Crippen molar-refractivity contribution in [1.82, 2.24) is 10.2 Å². The van der Waals surface area contributed by atoms with E-state index in [2.05, 4.69) is 36.2 Å². The Kier molecular flexibility index (Phi) is 6.01. The Labute approximate surface area is 161 Å². The number of fused-ring (bicyclic) bond motifs is 1. The molecule has 0 unspecified atom stereocenters. The molecule has 2 aromatic rings. The van der Waals surface area contributed by atoms with Crippen LogP contribution in [0.5, 0.6) is 11.5 Å². The molecule has 1 N–H and O–H groups in total. The van der Waals surface area contributed by atoms with Crippen LogP contribution in [-0.2, 0) is 6.42 Å². The second kappa shape index (κ2) is 8.44. The highest BCUT2D eigenvalue weighted by Crippen LogP contribution is 2.39. The summed E-state index contributed by atoms with van der Waals surface area (Å²) in [5, 5.41) is 3.18. The standard InChI is InChI=1S/C22H28N2O3/c1-5-24-12-11-17-13-19(26-3)20(27-4)14-18(17)21(24)15(2)23-22(25)16-9-7-6-8-10-16/h6-10,13-15,21H,5,11-12H2,1-4H3,(H,23,25)/t15-,21+/m1/s1. The first-order valence-electron chi connectivity index (χ1n) is 9.43. The molecule has 3 rings (SSSR count). The van der Waals surface area contributed by atoms with Crippen LogP contribution in [0.1, 0.15) is 41.4 Å². The van der Waals surface area contributed by atoms with Crippen LogP contribution >= 0.6 is 0 Å². The zero-order valence-electron chi connectivity index (χ0n) is 16.5. The van der Waals surface area contributed by atoms with E-state index in [-0.39, 0.29) is 18.0 Å². The van der Waals surface area contributed by atoms with Crippen molar-refractivity contribution in [2.75, 3.05) is 27.3 Å². The summed E-state index contributed by atoms with van der Waals surface area (Å²) >= 11 is 0. The number of hydrogen-bond donors (Lipinski definition) is 1. The van der Waals surface area contributed by atoms with Crippen LogP contribution in [-0.4, -0.2) is 44.2 Å². The molecule has 27 heavy (non-hydrogen) atoms. The quantitative estimate of drug-likeness (QED) is 0.849. The average molecular weight is 368 g/mol. The largest absolute Gasteiger partial charge is 0.493 e. The summed E-state index contributed by atoms with van der Waals surface area (Å²) in [6.07, 6.45) is 0.958. The minimum Gasteiger partial charge on any atom is -0.493 e. The van der Waals surface area contributed by atoms with Crippen LogP contribution in [0.15, 0.2) is 42.5 Å². The molecule has 2 atom stereocenters. The lowest BCUT2D eigenvalue weighted by Gasteiger charge is -2.40. The molecule has 0 fully saturated rings. The van der Waals surface area contributed by atoms with Crippen molar-refractivity contribution in [1.29, 1.82) is 0 Å². The number of methoxy groups -OCH3 is 2. The second-order valence-corrected chi connectivity index (χ2v) is 6.86. The molecule has 0 bridgehead atoms. The molecule has 2 aromatic carbocycles. The molecule has 1 aliphatic heterocycles. The van der Waals surface area contributed by atoms with E-state index in [1.54, 1.807) is 14.2 Å². The monoisotopic (exact) mass is 368 g/mol. The Balaban J connectivity index is 1.92. The van der Waals surface area contributed by atoms with Crippen molar-refractivity contribution in [3.63, 3.8) is 0 Å². The van der Waals surface area contributed by atoms with Crippen LogP contribution in [0.25, 0.3) is 0 Å². The van der Waals surface area contributed by atoms with Crippen LogP contribution in [0.2, 0.25) is 0 Å². The van der Waals surface area contributed by atoms with Gasteiger partial charge in [0.2, 0.25) is 0 Å². The third-order valence-corrected chi connectivity index (χ3v) is 5.30. The van der Waals surface area contributed by atoms with Gasteiger partial charge in [-0.1, -0.05) is 25.1 Å². The molecule has 1 aliphatic rings. The average Bonchev–Trinajstić information content (AvgIpc) is 2.72. The lowest BCUT2D eigenvalue weighted by molar-refractivity contribution is 0.0889. The molecule has 5 heteroatoms. The van der Waals surface area contributed by atoms with Gasteiger partial charge in [0.25, 0.3) is 5.91 Å². The first-order valence-corrected chi connectivity index (χ1v) is 9.43. The lowest BCUT2D eigenvalue weighted by atomic mass is 9.88. The predicted molar refractivity (Wildman–Crippen MR) is 107 cm³/mol. The maximum Gasteiger partial charge on any atom is 0.251 e. The molecule has 1 amide bonds. The molecule has 0 radical (unpaired) electrons. The Morgan fingerprint density at radius 3 is 2.48 bits per heavy atom. The van der Waals surface area contributed by atoms with E-state index in [4.69, 9.17) is 9.47 Å². The molecule has 0 aromatic heterocycles. The topological polar surface area (TPSA) is 50.8 Å². The predicted octanol–water partition coefficient (Wildman–Crippen LogP) is 3.44. The molecule has 5 nitrogen and oxygen atoms in total. The van der Waals surface area contributed by atoms with E-state index >= 15 is 0 Å². The van der Waals surface area contributed by atoms with Gasteiger partial charge in [-0.25, -0.2) is 0 Å². The molecular weight excluding hydrogens is 340 g/mol. The summed E-state index contributed by atoms with van der Waals surface area (Å²) in [6, 6.07) is 13.5. The van der Waals surface area contributed by atoms with Gasteiger partial charge in [-0.15, -0.1) is 0 Å². The van der Waals surface area contributed by atoms with Crippen molar-refractivity contribution < 1.29 is 14.3 Å². The van der Waals surface area contributed by atoms with Crippen molar-refractivity contribution in [2.24, 2.45) is 0 Å². The van der Waals surface area contributed by atoms with Crippen molar-refractivity contribution in [3.8, 4) is 11.5 Å². The Morgan fingerprint density at radius 1 is 1.19 bits per heavy atom. The summed E-state index contributed by atoms with van der Waals surface area (Å²) in [4.78, 5) is 15.1. The normalized spacial score (nSPS) is 17.7. The van der Waals surface area contributed by atoms with Gasteiger partial charge in [0.15, 0.2) is 11.5 Å². The highest BCUT2D eigenvalue weighted by molar-refractivity contribution is 5.94. The number of carbonyl (C=O) groups is 1. The van der Waals surface area contributed by atoms with Gasteiger partial charge in [0.1, 0.15) is 0 Å². The lowest BCUT2D eigenvalue weighted by Crippen LogP contribution is -2.47. The van der Waals surface area contributed by atoms with Crippen LogP contribution < -0.4 is 14.8 Å². The number of carbonyl (C=O) groups excluding carboxylic acids is 1. The molecule has 0 aliphatic carbocycles. The fourth-order valence-electron chi connectivity index (χ4n) is 3.93. The number of nitrogens with one attached hydrogen (secondary N) is 1. The van der Waals surface area contributed by atoms with Gasteiger partial charge in [-0.2, -0.15) is 0 Å². The van der Waals surface area contributed by atoms with E-state index < -0.39 is 0 Å². The van der Waals surface area contributed by atoms with E-state index in [1.807, 2.05) is 30.3 Å². The maximum absolute atomic E-state index is 12.7. The summed E-state index contributed by atoms with van der Waals surface area (Å²) in [6.45, 7) is 6.10. The van der Waals surface area contributed by atoms with Gasteiger partial charge >= 0.3 is 0 Å². The van der Waals surface area contributed by atoms with E-state index in [9.17, 15) is 4.79 Å². The van der Waals surface area contributed by atoms with Gasteiger partial charge in [-0.05, 0) is 55.3 Å². The fourth-order valence-corrected chi connectivity index (χ4v) is 3.93. The summed E-state index contributed by atoms with van der Waals surface area (Å²) in [7, 11) is 3.31. The van der Waals surface area contributed by atoms with E-state index in [0.717, 1.165) is 31.0 Å². The number of benzene rings is 2.